The summed E-state index contributed by atoms with van der Waals surface area (Å²) in [6, 6.07) is 0.0941. The number of sulfonamides is 1. The molecule has 4 nitrogen and oxygen atoms in total. The summed E-state index contributed by atoms with van der Waals surface area (Å²) in [5.41, 5.74) is 0.651. The van der Waals surface area contributed by atoms with E-state index in [1.54, 1.807) is 20.8 Å². The summed E-state index contributed by atoms with van der Waals surface area (Å²) >= 11 is 5.51. The molecule has 0 rings (SSSR count). The normalized spacial score (nSPS) is 14.0. The number of hydrogen-bond acceptors (Lipinski definition) is 3. The lowest BCUT2D eigenvalue weighted by molar-refractivity contribution is 0.575. The molecule has 0 aliphatic rings. The van der Waals surface area contributed by atoms with Crippen LogP contribution in [0.3, 0.4) is 0 Å². The second kappa shape index (κ2) is 6.35. The number of nitrogens with one attached hydrogen (secondary N) is 2. The molecule has 0 radical (unpaired) electrons. The predicted octanol–water partition coefficient (Wildman–Crippen LogP) is 1.74. The number of alkyl halides is 1. The van der Waals surface area contributed by atoms with Crippen LogP contribution in [0.15, 0.2) is 10.6 Å². The first-order valence-electron chi connectivity index (χ1n) is 4.87. The maximum absolute atomic E-state index is 11.8. The fraction of sp³-hybridized carbons (Fsp3) is 0.778. The van der Waals surface area contributed by atoms with E-state index in [2.05, 4.69) is 10.0 Å². The Labute approximate surface area is 97.1 Å². The predicted molar refractivity (Wildman–Crippen MR) is 64.0 cm³/mol. The molecule has 0 fully saturated rings. The SMILES string of the molecule is CC/C(NCCl)=C(\C)S(=O)(=O)NC(C)C. The highest BCUT2D eigenvalue weighted by Gasteiger charge is 2.17. The van der Waals surface area contributed by atoms with Gasteiger partial charge in [0, 0.05) is 11.7 Å². The van der Waals surface area contributed by atoms with E-state index in [4.69, 9.17) is 11.6 Å². The van der Waals surface area contributed by atoms with Gasteiger partial charge in [-0.15, -0.1) is 11.6 Å². The lowest BCUT2D eigenvalue weighted by atomic mass is 10.3. The van der Waals surface area contributed by atoms with Gasteiger partial charge in [0.1, 0.15) is 0 Å². The van der Waals surface area contributed by atoms with E-state index < -0.39 is 10.0 Å². The van der Waals surface area contributed by atoms with Crippen molar-refractivity contribution in [2.24, 2.45) is 0 Å². The van der Waals surface area contributed by atoms with E-state index in [-0.39, 0.29) is 12.0 Å². The summed E-state index contributed by atoms with van der Waals surface area (Å²) in [5.74, 6) is 0. The van der Waals surface area contributed by atoms with Crippen LogP contribution in [0, 0.1) is 0 Å². The highest BCUT2D eigenvalue weighted by atomic mass is 35.5. The van der Waals surface area contributed by atoms with Gasteiger partial charge >= 0.3 is 0 Å². The van der Waals surface area contributed by atoms with Crippen LogP contribution >= 0.6 is 11.6 Å². The molecule has 0 spiro atoms. The molecule has 2 N–H and O–H groups in total. The van der Waals surface area contributed by atoms with Gasteiger partial charge in [-0.3, -0.25) is 0 Å². The Balaban J connectivity index is 5.00. The van der Waals surface area contributed by atoms with Gasteiger partial charge in [0.2, 0.25) is 10.0 Å². The zero-order valence-corrected chi connectivity index (χ0v) is 11.2. The Kier molecular flexibility index (Phi) is 6.24. The standard InChI is InChI=1S/C9H19ClN2O2S/c1-5-9(11-6-10)8(4)15(13,14)12-7(2)3/h7,11-12H,5-6H2,1-4H3/b9-8-. The van der Waals surface area contributed by atoms with Crippen molar-refractivity contribution in [3.63, 3.8) is 0 Å². The molecule has 0 heterocycles. The fourth-order valence-electron chi connectivity index (χ4n) is 1.14. The van der Waals surface area contributed by atoms with Crippen LogP contribution in [0.5, 0.6) is 0 Å². The molecule has 0 aliphatic heterocycles. The molecule has 6 heteroatoms. The molecule has 15 heavy (non-hydrogen) atoms. The average Bonchev–Trinajstić information content (AvgIpc) is 2.11. The van der Waals surface area contributed by atoms with Crippen molar-refractivity contribution in [1.82, 2.24) is 10.0 Å². The number of allylic oxidation sites excluding steroid dienone is 2. The summed E-state index contributed by atoms with van der Waals surface area (Å²) in [5, 5.41) is 2.84. The van der Waals surface area contributed by atoms with Gasteiger partial charge in [-0.05, 0) is 27.2 Å². The maximum Gasteiger partial charge on any atom is 0.238 e. The van der Waals surface area contributed by atoms with E-state index in [1.165, 1.54) is 0 Å². The molecule has 0 saturated heterocycles. The Morgan fingerprint density at radius 1 is 1.40 bits per heavy atom. The molecule has 0 bridgehead atoms. The van der Waals surface area contributed by atoms with Gasteiger partial charge in [0.05, 0.1) is 10.9 Å². The smallest absolute Gasteiger partial charge is 0.238 e. The minimum absolute atomic E-state index is 0.112. The van der Waals surface area contributed by atoms with Crippen LogP contribution < -0.4 is 10.0 Å². The topological polar surface area (TPSA) is 58.2 Å². The van der Waals surface area contributed by atoms with E-state index in [0.29, 0.717) is 17.0 Å². The van der Waals surface area contributed by atoms with Crippen molar-refractivity contribution in [1.29, 1.82) is 0 Å². The average molecular weight is 255 g/mol. The highest BCUT2D eigenvalue weighted by Crippen LogP contribution is 2.12. The summed E-state index contributed by atoms with van der Waals surface area (Å²) in [4.78, 5) is 0.305. The van der Waals surface area contributed by atoms with Crippen molar-refractivity contribution in [3.8, 4) is 0 Å². The van der Waals surface area contributed by atoms with E-state index in [1.807, 2.05) is 6.92 Å². The van der Waals surface area contributed by atoms with E-state index in [9.17, 15) is 8.42 Å². The Hall–Kier alpha value is -0.260. The number of rotatable bonds is 6. The molecule has 90 valence electrons. The molecule has 0 unspecified atom stereocenters. The van der Waals surface area contributed by atoms with Crippen LogP contribution in [-0.2, 0) is 10.0 Å². The molecular formula is C9H19ClN2O2S. The van der Waals surface area contributed by atoms with Crippen LogP contribution in [0.4, 0.5) is 0 Å². The first kappa shape index (κ1) is 14.7. The van der Waals surface area contributed by atoms with Gasteiger partial charge in [0.15, 0.2) is 0 Å². The van der Waals surface area contributed by atoms with Gasteiger partial charge < -0.3 is 5.32 Å². The highest BCUT2D eigenvalue weighted by molar-refractivity contribution is 7.93. The molecule has 0 amide bonds. The molecular weight excluding hydrogens is 236 g/mol. The van der Waals surface area contributed by atoms with E-state index >= 15 is 0 Å². The monoisotopic (exact) mass is 254 g/mol. The molecule has 0 aromatic rings. The van der Waals surface area contributed by atoms with Crippen LogP contribution in [-0.4, -0.2) is 20.5 Å². The fourth-order valence-corrected chi connectivity index (χ4v) is 2.64. The van der Waals surface area contributed by atoms with Crippen molar-refractivity contribution >= 4 is 21.6 Å². The molecule has 0 aromatic heterocycles. The summed E-state index contributed by atoms with van der Waals surface area (Å²) in [6.07, 6.45) is 0.609. The van der Waals surface area contributed by atoms with E-state index in [0.717, 1.165) is 0 Å². The summed E-state index contributed by atoms with van der Waals surface area (Å²) in [7, 11) is -3.38. The second-order valence-corrected chi connectivity index (χ2v) is 5.60. The molecule has 0 atom stereocenters. The Morgan fingerprint density at radius 2 is 1.93 bits per heavy atom. The second-order valence-electron chi connectivity index (χ2n) is 3.47. The quantitative estimate of drug-likeness (QED) is 0.561. The number of halogens is 1. The van der Waals surface area contributed by atoms with Gasteiger partial charge in [0.25, 0.3) is 0 Å². The molecule has 0 saturated carbocycles. The van der Waals surface area contributed by atoms with Crippen molar-refractivity contribution < 1.29 is 8.42 Å². The zero-order chi connectivity index (χ0) is 12.1. The van der Waals surface area contributed by atoms with Crippen LogP contribution in [0.2, 0.25) is 0 Å². The minimum Gasteiger partial charge on any atom is -0.374 e. The van der Waals surface area contributed by atoms with Crippen LogP contribution in [0.1, 0.15) is 34.1 Å². The first-order chi connectivity index (χ1) is 6.85. The third kappa shape index (κ3) is 4.86. The Morgan fingerprint density at radius 3 is 2.27 bits per heavy atom. The molecule has 0 aliphatic carbocycles. The van der Waals surface area contributed by atoms with Crippen molar-refractivity contribution in [2.75, 3.05) is 6.00 Å². The van der Waals surface area contributed by atoms with Gasteiger partial charge in [-0.1, -0.05) is 6.92 Å². The van der Waals surface area contributed by atoms with Gasteiger partial charge in [-0.25, -0.2) is 13.1 Å². The lowest BCUT2D eigenvalue weighted by Gasteiger charge is -2.14. The van der Waals surface area contributed by atoms with Gasteiger partial charge in [-0.2, -0.15) is 0 Å². The minimum atomic E-state index is -3.38. The largest absolute Gasteiger partial charge is 0.374 e. The molecule has 0 aromatic carbocycles. The maximum atomic E-state index is 11.8. The lowest BCUT2D eigenvalue weighted by Crippen LogP contribution is -2.32. The summed E-state index contributed by atoms with van der Waals surface area (Å²) < 4.78 is 26.1. The third-order valence-corrected chi connectivity index (χ3v) is 3.82. The number of hydrogen-bond donors (Lipinski definition) is 2. The third-order valence-electron chi connectivity index (χ3n) is 1.85. The van der Waals surface area contributed by atoms with Crippen LogP contribution in [0.25, 0.3) is 0 Å². The zero-order valence-electron chi connectivity index (χ0n) is 9.59. The summed E-state index contributed by atoms with van der Waals surface area (Å²) in [6.45, 7) is 7.02. The Bertz CT molecular complexity index is 323. The van der Waals surface area contributed by atoms with Crippen molar-refractivity contribution in [2.45, 2.75) is 40.2 Å². The van der Waals surface area contributed by atoms with Crippen molar-refractivity contribution in [3.05, 3.63) is 10.6 Å². The first-order valence-corrected chi connectivity index (χ1v) is 6.88.